The number of hydrogen-bond donors (Lipinski definition) is 1. The van der Waals surface area contributed by atoms with E-state index in [1.54, 1.807) is 0 Å². The lowest BCUT2D eigenvalue weighted by atomic mass is 9.69. The minimum Gasteiger partial charge on any atom is -0.301 e. The maximum atomic E-state index is 12.7. The Balaban J connectivity index is 1.20. The van der Waals surface area contributed by atoms with Gasteiger partial charge in [-0.25, -0.2) is 9.97 Å². The van der Waals surface area contributed by atoms with Gasteiger partial charge in [-0.15, -0.1) is 11.3 Å². The van der Waals surface area contributed by atoms with Gasteiger partial charge in [-0.1, -0.05) is 93.6 Å². The lowest BCUT2D eigenvalue weighted by Crippen LogP contribution is -2.29. The van der Waals surface area contributed by atoms with Crippen LogP contribution in [0.25, 0.3) is 22.4 Å². The van der Waals surface area contributed by atoms with E-state index in [2.05, 4.69) is 73.5 Å². The Labute approximate surface area is 238 Å². The maximum Gasteiger partial charge on any atom is 0.236 e. The topological polar surface area (TPSA) is 78.7 Å². The largest absolute Gasteiger partial charge is 0.301 e. The van der Waals surface area contributed by atoms with E-state index in [0.29, 0.717) is 21.6 Å². The summed E-state index contributed by atoms with van der Waals surface area (Å²) in [6, 6.07) is 22.8. The zero-order valence-corrected chi connectivity index (χ0v) is 24.2. The van der Waals surface area contributed by atoms with Crippen LogP contribution in [0.15, 0.2) is 71.1 Å². The molecule has 1 N–H and O–H groups in total. The van der Waals surface area contributed by atoms with Gasteiger partial charge in [-0.3, -0.25) is 4.79 Å². The van der Waals surface area contributed by atoms with Crippen LogP contribution in [0.2, 0.25) is 0 Å². The standard InChI is InChI=1S/C32H32N4OS2/c1-4-32(2,3)26-14-15-27-24(17-26)16-25(18-33)30(34-27)38-20-29(37)36-31-35-28(19-39-31)23-12-10-22(11-13-23)21-8-6-5-7-9-21/h5-13,16,19,26H,4,14-15,17,20H2,1-3H3,(H,35,36,37). The molecule has 0 radical (unpaired) electrons. The first-order valence-electron chi connectivity index (χ1n) is 13.3. The summed E-state index contributed by atoms with van der Waals surface area (Å²) in [6.45, 7) is 6.91. The van der Waals surface area contributed by atoms with Gasteiger partial charge < -0.3 is 5.32 Å². The summed E-state index contributed by atoms with van der Waals surface area (Å²) in [4.78, 5) is 22.2. The molecule has 1 atom stereocenters. The van der Waals surface area contributed by atoms with E-state index in [0.717, 1.165) is 48.2 Å². The molecule has 1 aliphatic rings. The van der Waals surface area contributed by atoms with Crippen LogP contribution in [0.3, 0.4) is 0 Å². The molecule has 0 saturated heterocycles. The molecule has 0 saturated carbocycles. The fraction of sp³-hybridized carbons (Fsp3) is 0.312. The van der Waals surface area contributed by atoms with E-state index in [1.807, 2.05) is 29.6 Å². The quantitative estimate of drug-likeness (QED) is 0.224. The zero-order valence-electron chi connectivity index (χ0n) is 22.5. The van der Waals surface area contributed by atoms with E-state index in [-0.39, 0.29) is 17.1 Å². The van der Waals surface area contributed by atoms with E-state index in [9.17, 15) is 10.1 Å². The highest BCUT2D eigenvalue weighted by molar-refractivity contribution is 8.00. The third-order valence-electron chi connectivity index (χ3n) is 7.87. The molecule has 39 heavy (non-hydrogen) atoms. The maximum absolute atomic E-state index is 12.7. The molecule has 2 aromatic heterocycles. The van der Waals surface area contributed by atoms with Crippen molar-refractivity contribution in [1.82, 2.24) is 9.97 Å². The number of fused-ring (bicyclic) bond motifs is 1. The predicted molar refractivity (Wildman–Crippen MR) is 161 cm³/mol. The van der Waals surface area contributed by atoms with Crippen molar-refractivity contribution in [3.05, 3.63) is 82.9 Å². The normalized spacial score (nSPS) is 14.9. The molecule has 5 nitrogen and oxygen atoms in total. The van der Waals surface area contributed by atoms with Crippen molar-refractivity contribution in [3.63, 3.8) is 0 Å². The summed E-state index contributed by atoms with van der Waals surface area (Å²) in [5.74, 6) is 0.609. The number of nitrogens with one attached hydrogen (secondary N) is 1. The van der Waals surface area contributed by atoms with Crippen LogP contribution in [-0.2, 0) is 17.6 Å². The highest BCUT2D eigenvalue weighted by Crippen LogP contribution is 2.40. The van der Waals surface area contributed by atoms with Gasteiger partial charge in [-0.2, -0.15) is 5.26 Å². The second-order valence-electron chi connectivity index (χ2n) is 10.7. The van der Waals surface area contributed by atoms with Gasteiger partial charge in [0.25, 0.3) is 0 Å². The Morgan fingerprint density at radius 1 is 1.10 bits per heavy atom. The lowest BCUT2D eigenvalue weighted by molar-refractivity contribution is -0.113. The van der Waals surface area contributed by atoms with Crippen LogP contribution < -0.4 is 5.32 Å². The van der Waals surface area contributed by atoms with E-state index >= 15 is 0 Å². The van der Waals surface area contributed by atoms with Gasteiger partial charge >= 0.3 is 0 Å². The van der Waals surface area contributed by atoms with Gasteiger partial charge in [0, 0.05) is 16.6 Å². The molecule has 0 bridgehead atoms. The van der Waals surface area contributed by atoms with E-state index in [4.69, 9.17) is 4.98 Å². The number of carbonyl (C=O) groups excluding carboxylic acids is 1. The third-order valence-corrected chi connectivity index (χ3v) is 9.62. The third kappa shape index (κ3) is 6.24. The molecule has 4 aromatic rings. The number of pyridine rings is 1. The van der Waals surface area contributed by atoms with Crippen LogP contribution in [0, 0.1) is 22.7 Å². The Kier molecular flexibility index (Phi) is 8.15. The smallest absolute Gasteiger partial charge is 0.236 e. The molecular formula is C32H32N4OS2. The van der Waals surface area contributed by atoms with Gasteiger partial charge in [-0.05, 0) is 53.4 Å². The van der Waals surface area contributed by atoms with Crippen LogP contribution in [0.4, 0.5) is 5.13 Å². The van der Waals surface area contributed by atoms with Crippen LogP contribution in [0.5, 0.6) is 0 Å². The summed E-state index contributed by atoms with van der Waals surface area (Å²) in [6.07, 6.45) is 4.13. The van der Waals surface area contributed by atoms with Crippen molar-refractivity contribution in [3.8, 4) is 28.5 Å². The van der Waals surface area contributed by atoms with Crippen molar-refractivity contribution in [2.24, 2.45) is 11.3 Å². The van der Waals surface area contributed by atoms with Crippen LogP contribution in [-0.4, -0.2) is 21.6 Å². The van der Waals surface area contributed by atoms with Gasteiger partial charge in [0.2, 0.25) is 5.91 Å². The molecule has 7 heteroatoms. The number of aryl methyl sites for hydroxylation is 1. The van der Waals surface area contributed by atoms with Crippen molar-refractivity contribution in [1.29, 1.82) is 5.26 Å². The molecule has 1 aliphatic carbocycles. The average molecular weight is 553 g/mol. The SMILES string of the molecule is CCC(C)(C)C1CCc2nc(SCC(=O)Nc3nc(-c4ccc(-c5ccccc5)cc4)cs3)c(C#N)cc2C1. The molecular weight excluding hydrogens is 521 g/mol. The van der Waals surface area contributed by atoms with Crippen molar-refractivity contribution in [2.75, 3.05) is 11.1 Å². The van der Waals surface area contributed by atoms with E-state index in [1.165, 1.54) is 34.2 Å². The first kappa shape index (κ1) is 27.1. The predicted octanol–water partition coefficient (Wildman–Crippen LogP) is 8.02. The molecule has 2 aromatic carbocycles. The van der Waals surface area contributed by atoms with Gasteiger partial charge in [0.15, 0.2) is 5.13 Å². The summed E-state index contributed by atoms with van der Waals surface area (Å²) in [7, 11) is 0. The first-order chi connectivity index (χ1) is 18.9. The minimum atomic E-state index is -0.159. The highest BCUT2D eigenvalue weighted by Gasteiger charge is 2.32. The van der Waals surface area contributed by atoms with Crippen molar-refractivity contribution >= 4 is 34.1 Å². The number of amides is 1. The number of aromatic nitrogens is 2. The van der Waals surface area contributed by atoms with Gasteiger partial charge in [0.1, 0.15) is 11.1 Å². The average Bonchev–Trinajstić information content (AvgIpc) is 3.44. The second-order valence-corrected chi connectivity index (χ2v) is 12.5. The van der Waals surface area contributed by atoms with Crippen molar-refractivity contribution < 1.29 is 4.79 Å². The molecule has 198 valence electrons. The molecule has 0 fully saturated rings. The minimum absolute atomic E-state index is 0.159. The fourth-order valence-electron chi connectivity index (χ4n) is 5.01. The number of hydrogen-bond acceptors (Lipinski definition) is 6. The second kappa shape index (κ2) is 11.7. The van der Waals surface area contributed by atoms with Gasteiger partial charge in [0.05, 0.1) is 17.0 Å². The molecule has 0 spiro atoms. The number of benzene rings is 2. The summed E-state index contributed by atoms with van der Waals surface area (Å²) in [5, 5.41) is 15.8. The molecule has 5 rings (SSSR count). The number of carbonyl (C=O) groups is 1. The molecule has 1 unspecified atom stereocenters. The number of nitriles is 1. The Morgan fingerprint density at radius 3 is 2.54 bits per heavy atom. The zero-order chi connectivity index (χ0) is 27.4. The molecule has 0 aliphatic heterocycles. The van der Waals surface area contributed by atoms with E-state index < -0.39 is 0 Å². The first-order valence-corrected chi connectivity index (χ1v) is 15.2. The molecule has 2 heterocycles. The number of thioether (sulfide) groups is 1. The fourth-order valence-corrected chi connectivity index (χ4v) is 6.52. The van der Waals surface area contributed by atoms with Crippen molar-refractivity contribution in [2.45, 2.75) is 51.5 Å². The number of thiazole rings is 1. The number of rotatable bonds is 8. The number of anilines is 1. The summed E-state index contributed by atoms with van der Waals surface area (Å²) in [5.41, 5.74) is 7.24. The summed E-state index contributed by atoms with van der Waals surface area (Å²) < 4.78 is 0. The Bertz CT molecular complexity index is 1500. The Morgan fingerprint density at radius 2 is 1.82 bits per heavy atom. The highest BCUT2D eigenvalue weighted by atomic mass is 32.2. The number of nitrogens with zero attached hydrogens (tertiary/aromatic N) is 3. The van der Waals surface area contributed by atoms with Crippen LogP contribution in [0.1, 0.15) is 50.4 Å². The monoisotopic (exact) mass is 552 g/mol. The Hall–Kier alpha value is -3.47. The lowest BCUT2D eigenvalue weighted by Gasteiger charge is -2.37. The molecule has 1 amide bonds. The van der Waals surface area contributed by atoms with Crippen LogP contribution >= 0.6 is 23.1 Å². The summed E-state index contributed by atoms with van der Waals surface area (Å²) >= 11 is 2.72.